The Morgan fingerprint density at radius 1 is 1.07 bits per heavy atom. The standard InChI is InChI=1S/C21H33NO4S/c1-2-3-4-5-6-7-8-9-14-21(26-27(23,24)25)18-22-16-15-19-12-10-11-13-20(19)17-22/h10-13,17,21H,2-9,14-16,18H2,1H3/p+1. The summed E-state index contributed by atoms with van der Waals surface area (Å²) in [5.41, 5.74) is 2.48. The summed E-state index contributed by atoms with van der Waals surface area (Å²) in [6.07, 6.45) is 12.7. The second-order valence-corrected chi connectivity index (χ2v) is 8.53. The van der Waals surface area contributed by atoms with E-state index in [4.69, 9.17) is 8.74 Å². The molecule has 0 amide bonds. The van der Waals surface area contributed by atoms with Gasteiger partial charge in [0, 0.05) is 12.0 Å². The van der Waals surface area contributed by atoms with Crippen LogP contribution in [0.5, 0.6) is 0 Å². The van der Waals surface area contributed by atoms with E-state index in [1.165, 1.54) is 49.7 Å². The van der Waals surface area contributed by atoms with Crippen molar-refractivity contribution in [2.45, 2.75) is 77.2 Å². The molecule has 152 valence electrons. The molecule has 5 nitrogen and oxygen atoms in total. The van der Waals surface area contributed by atoms with E-state index in [2.05, 4.69) is 29.8 Å². The minimum absolute atomic E-state index is 0.477. The second-order valence-electron chi connectivity index (χ2n) is 7.48. The second kappa shape index (κ2) is 11.6. The monoisotopic (exact) mass is 396 g/mol. The highest BCUT2D eigenvalue weighted by Crippen LogP contribution is 2.16. The maximum Gasteiger partial charge on any atom is 0.397 e. The summed E-state index contributed by atoms with van der Waals surface area (Å²) in [6, 6.07) is 8.23. The number of hydrogen-bond donors (Lipinski definition) is 1. The van der Waals surface area contributed by atoms with Gasteiger partial charge in [0.15, 0.2) is 12.8 Å². The molecular weight excluding hydrogens is 362 g/mol. The van der Waals surface area contributed by atoms with Crippen LogP contribution in [0.4, 0.5) is 0 Å². The minimum Gasteiger partial charge on any atom is -0.264 e. The number of benzene rings is 1. The molecule has 0 bridgehead atoms. The maximum atomic E-state index is 11.2. The zero-order valence-corrected chi connectivity index (χ0v) is 17.3. The van der Waals surface area contributed by atoms with Gasteiger partial charge in [0.2, 0.25) is 0 Å². The van der Waals surface area contributed by atoms with Crippen molar-refractivity contribution in [3.05, 3.63) is 35.4 Å². The lowest BCUT2D eigenvalue weighted by molar-refractivity contribution is -0.531. The van der Waals surface area contributed by atoms with Crippen LogP contribution in [-0.2, 0) is 21.0 Å². The van der Waals surface area contributed by atoms with Crippen molar-refractivity contribution < 1.29 is 21.7 Å². The summed E-state index contributed by atoms with van der Waals surface area (Å²) in [4.78, 5) is 0. The first-order chi connectivity index (χ1) is 13.0. The van der Waals surface area contributed by atoms with Crippen molar-refractivity contribution in [2.24, 2.45) is 0 Å². The Kier molecular flexibility index (Phi) is 9.45. The van der Waals surface area contributed by atoms with E-state index in [9.17, 15) is 8.42 Å². The Balaban J connectivity index is 1.81. The number of nitrogens with zero attached hydrogens (tertiary/aromatic N) is 1. The molecule has 1 unspecified atom stereocenters. The number of fused-ring (bicyclic) bond motifs is 1. The van der Waals surface area contributed by atoms with Crippen LogP contribution < -0.4 is 0 Å². The van der Waals surface area contributed by atoms with Gasteiger partial charge >= 0.3 is 10.4 Å². The van der Waals surface area contributed by atoms with Gasteiger partial charge in [-0.05, 0) is 18.1 Å². The average Bonchev–Trinajstić information content (AvgIpc) is 2.62. The lowest BCUT2D eigenvalue weighted by Crippen LogP contribution is -2.33. The van der Waals surface area contributed by atoms with Crippen molar-refractivity contribution in [1.82, 2.24) is 0 Å². The zero-order valence-electron chi connectivity index (χ0n) is 16.5. The average molecular weight is 397 g/mol. The summed E-state index contributed by atoms with van der Waals surface area (Å²) in [7, 11) is -4.43. The van der Waals surface area contributed by atoms with Crippen LogP contribution in [0, 0.1) is 0 Å². The van der Waals surface area contributed by atoms with Crippen LogP contribution in [0.3, 0.4) is 0 Å². The molecule has 1 heterocycles. The Labute approximate surface area is 164 Å². The van der Waals surface area contributed by atoms with Crippen molar-refractivity contribution in [2.75, 3.05) is 13.1 Å². The summed E-state index contributed by atoms with van der Waals surface area (Å²) in [5, 5.41) is 0. The van der Waals surface area contributed by atoms with Gasteiger partial charge in [0.05, 0.1) is 0 Å². The zero-order chi connectivity index (χ0) is 19.5. The molecule has 1 N–H and O–H groups in total. The van der Waals surface area contributed by atoms with Crippen molar-refractivity contribution >= 4 is 16.6 Å². The van der Waals surface area contributed by atoms with Crippen LogP contribution >= 0.6 is 0 Å². The molecule has 1 atom stereocenters. The summed E-state index contributed by atoms with van der Waals surface area (Å²) < 4.78 is 38.6. The lowest BCUT2D eigenvalue weighted by Gasteiger charge is -2.17. The van der Waals surface area contributed by atoms with Gasteiger partial charge in [0.25, 0.3) is 0 Å². The fraction of sp³-hybridized carbons (Fsp3) is 0.667. The van der Waals surface area contributed by atoms with Gasteiger partial charge < -0.3 is 0 Å². The van der Waals surface area contributed by atoms with E-state index < -0.39 is 16.5 Å². The molecule has 0 saturated heterocycles. The Bertz CT molecular complexity index is 700. The molecule has 1 aromatic rings. The Morgan fingerprint density at radius 3 is 2.44 bits per heavy atom. The third-order valence-corrected chi connectivity index (χ3v) is 5.64. The molecule has 0 spiro atoms. The van der Waals surface area contributed by atoms with Crippen LogP contribution in [0.2, 0.25) is 0 Å². The van der Waals surface area contributed by atoms with Gasteiger partial charge in [-0.3, -0.25) is 4.55 Å². The van der Waals surface area contributed by atoms with Gasteiger partial charge in [-0.15, -0.1) is 0 Å². The number of unbranched alkanes of at least 4 members (excludes halogenated alkanes) is 7. The highest BCUT2D eigenvalue weighted by molar-refractivity contribution is 7.80. The lowest BCUT2D eigenvalue weighted by atomic mass is 10.0. The molecule has 0 radical (unpaired) electrons. The predicted octanol–water partition coefficient (Wildman–Crippen LogP) is 4.39. The third kappa shape index (κ3) is 9.00. The first-order valence-electron chi connectivity index (χ1n) is 10.3. The fourth-order valence-electron chi connectivity index (χ4n) is 3.67. The van der Waals surface area contributed by atoms with Crippen LogP contribution in [-0.4, -0.2) is 43.0 Å². The fourth-order valence-corrected chi connectivity index (χ4v) is 4.17. The van der Waals surface area contributed by atoms with Gasteiger partial charge in [-0.2, -0.15) is 8.42 Å². The highest BCUT2D eigenvalue weighted by atomic mass is 32.3. The van der Waals surface area contributed by atoms with E-state index in [-0.39, 0.29) is 0 Å². The van der Waals surface area contributed by atoms with Crippen molar-refractivity contribution in [3.8, 4) is 0 Å². The molecule has 27 heavy (non-hydrogen) atoms. The largest absolute Gasteiger partial charge is 0.397 e. The van der Waals surface area contributed by atoms with Crippen LogP contribution in [0.25, 0.3) is 0 Å². The minimum atomic E-state index is -4.43. The quantitative estimate of drug-likeness (QED) is 0.305. The smallest absolute Gasteiger partial charge is 0.264 e. The number of hydrogen-bond acceptors (Lipinski definition) is 3. The Hall–Kier alpha value is -1.24. The molecule has 6 heteroatoms. The van der Waals surface area contributed by atoms with Crippen LogP contribution in [0.15, 0.2) is 24.3 Å². The molecule has 0 fully saturated rings. The molecule has 1 aliphatic heterocycles. The number of rotatable bonds is 13. The van der Waals surface area contributed by atoms with Gasteiger partial charge in [0.1, 0.15) is 12.6 Å². The molecule has 0 saturated carbocycles. The first kappa shape index (κ1) is 22.1. The summed E-state index contributed by atoms with van der Waals surface area (Å²) in [5.74, 6) is 0. The van der Waals surface area contributed by atoms with Gasteiger partial charge in [-0.1, -0.05) is 76.5 Å². The molecule has 2 rings (SSSR count). The maximum absolute atomic E-state index is 11.2. The predicted molar refractivity (Wildman–Crippen MR) is 109 cm³/mol. The van der Waals surface area contributed by atoms with Gasteiger partial charge in [-0.25, -0.2) is 8.76 Å². The van der Waals surface area contributed by atoms with E-state index in [1.54, 1.807) is 0 Å². The first-order valence-corrected chi connectivity index (χ1v) is 11.7. The summed E-state index contributed by atoms with van der Waals surface area (Å²) in [6.45, 7) is 3.53. The van der Waals surface area contributed by atoms with Crippen LogP contribution in [0.1, 0.15) is 75.8 Å². The molecule has 0 aliphatic carbocycles. The normalized spacial score (nSPS) is 15.3. The molecule has 1 aliphatic rings. The SMILES string of the molecule is CCCCCCCCCCC(C[N+]1=Cc2ccccc2CC1)OS(=O)(=O)O. The Morgan fingerprint density at radius 2 is 1.74 bits per heavy atom. The third-order valence-electron chi connectivity index (χ3n) is 5.12. The van der Waals surface area contributed by atoms with E-state index in [1.807, 2.05) is 12.1 Å². The van der Waals surface area contributed by atoms with E-state index >= 15 is 0 Å². The van der Waals surface area contributed by atoms with E-state index in [0.29, 0.717) is 13.0 Å². The van der Waals surface area contributed by atoms with E-state index in [0.717, 1.165) is 25.8 Å². The van der Waals surface area contributed by atoms with Crippen molar-refractivity contribution in [3.63, 3.8) is 0 Å². The highest BCUT2D eigenvalue weighted by Gasteiger charge is 2.24. The van der Waals surface area contributed by atoms with Crippen molar-refractivity contribution in [1.29, 1.82) is 0 Å². The molecule has 0 aromatic heterocycles. The summed E-state index contributed by atoms with van der Waals surface area (Å²) >= 11 is 0. The molecular formula is C21H34NO4S+. The topological polar surface area (TPSA) is 66.6 Å². The molecule has 1 aromatic carbocycles.